The van der Waals surface area contributed by atoms with Gasteiger partial charge in [-0.2, -0.15) is 0 Å². The second kappa shape index (κ2) is 7.81. The fourth-order valence-electron chi connectivity index (χ4n) is 5.80. The summed E-state index contributed by atoms with van der Waals surface area (Å²) in [5, 5.41) is 0.507. The van der Waals surface area contributed by atoms with Gasteiger partial charge in [0.15, 0.2) is 0 Å². The van der Waals surface area contributed by atoms with Crippen molar-refractivity contribution in [1.82, 2.24) is 0 Å². The third-order valence-electron chi connectivity index (χ3n) is 7.34. The lowest BCUT2D eigenvalue weighted by atomic mass is 9.85. The lowest BCUT2D eigenvalue weighted by Gasteiger charge is -2.18. The van der Waals surface area contributed by atoms with Crippen LogP contribution in [0.25, 0.3) is 0 Å². The molecule has 5 atom stereocenters. The van der Waals surface area contributed by atoms with Crippen molar-refractivity contribution < 1.29 is 23.9 Å². The van der Waals surface area contributed by atoms with Crippen molar-refractivity contribution in [3.05, 3.63) is 65.7 Å². The van der Waals surface area contributed by atoms with Crippen LogP contribution in [0.3, 0.4) is 0 Å². The molecule has 4 aliphatic rings. The topological polar surface area (TPSA) is 84.0 Å². The highest BCUT2D eigenvalue weighted by Gasteiger charge is 2.59. The Morgan fingerprint density at radius 1 is 0.912 bits per heavy atom. The van der Waals surface area contributed by atoms with Gasteiger partial charge in [-0.15, -0.1) is 0 Å². The number of amides is 3. The number of benzene rings is 2. The zero-order chi connectivity index (χ0) is 23.6. The Morgan fingerprint density at radius 3 is 2.29 bits per heavy atom. The van der Waals surface area contributed by atoms with Crippen LogP contribution in [0.5, 0.6) is 5.75 Å². The summed E-state index contributed by atoms with van der Waals surface area (Å²) in [7, 11) is 0. The van der Waals surface area contributed by atoms with E-state index in [0.717, 1.165) is 6.42 Å². The van der Waals surface area contributed by atoms with Crippen LogP contribution < -0.4 is 14.5 Å². The van der Waals surface area contributed by atoms with Gasteiger partial charge >= 0.3 is 5.97 Å². The van der Waals surface area contributed by atoms with E-state index in [4.69, 9.17) is 16.3 Å². The van der Waals surface area contributed by atoms with Crippen LogP contribution in [-0.2, 0) is 19.2 Å². The second-order valence-electron chi connectivity index (χ2n) is 9.32. The molecule has 2 aliphatic carbocycles. The largest absolute Gasteiger partial charge is 0.426 e. The van der Waals surface area contributed by atoms with E-state index >= 15 is 0 Å². The van der Waals surface area contributed by atoms with Gasteiger partial charge in [-0.1, -0.05) is 35.9 Å². The molecule has 2 aromatic rings. The van der Waals surface area contributed by atoms with Gasteiger partial charge in [0.1, 0.15) is 5.75 Å². The molecular weight excluding hydrogens is 456 g/mol. The number of esters is 1. The number of carbonyl (C=O) groups is 4. The van der Waals surface area contributed by atoms with E-state index in [1.165, 1.54) is 15.9 Å². The van der Waals surface area contributed by atoms with E-state index in [-0.39, 0.29) is 60.1 Å². The maximum absolute atomic E-state index is 13.1. The second-order valence-corrected chi connectivity index (χ2v) is 9.75. The molecule has 0 aromatic heterocycles. The number of nitrogens with zero attached hydrogens (tertiary/aromatic N) is 2. The van der Waals surface area contributed by atoms with E-state index in [2.05, 4.69) is 0 Å². The Morgan fingerprint density at radius 2 is 1.59 bits per heavy atom. The van der Waals surface area contributed by atoms with Gasteiger partial charge in [-0.25, -0.2) is 4.90 Å². The van der Waals surface area contributed by atoms with Gasteiger partial charge in [-0.3, -0.25) is 19.2 Å². The molecule has 0 radical (unpaired) electrons. The molecule has 3 amide bonds. The summed E-state index contributed by atoms with van der Waals surface area (Å²) < 4.78 is 5.57. The number of halogens is 1. The number of hydrogen-bond donors (Lipinski definition) is 0. The normalized spacial score (nSPS) is 29.3. The minimum Gasteiger partial charge on any atom is -0.426 e. The SMILES string of the molecule is O=C(Oc1cccc(N2C(=O)[C@@H]3[C@H](C2=O)[C@H]2C=C[C@H]3C2)c1)[C@H]1CC(=O)N(c2cccc(Cl)c2)C1. The van der Waals surface area contributed by atoms with E-state index in [1.54, 1.807) is 42.5 Å². The molecule has 8 heteroatoms. The van der Waals surface area contributed by atoms with Crippen molar-refractivity contribution in [2.45, 2.75) is 12.8 Å². The molecule has 2 aliphatic heterocycles. The van der Waals surface area contributed by atoms with E-state index in [1.807, 2.05) is 12.2 Å². The highest BCUT2D eigenvalue weighted by molar-refractivity contribution is 6.31. The van der Waals surface area contributed by atoms with Crippen molar-refractivity contribution in [3.8, 4) is 5.75 Å². The van der Waals surface area contributed by atoms with Crippen molar-refractivity contribution in [1.29, 1.82) is 0 Å². The first-order valence-electron chi connectivity index (χ1n) is 11.3. The molecule has 0 spiro atoms. The third kappa shape index (κ3) is 3.26. The lowest BCUT2D eigenvalue weighted by Crippen LogP contribution is -2.32. The molecule has 2 bridgehead atoms. The molecule has 3 fully saturated rings. The van der Waals surface area contributed by atoms with E-state index < -0.39 is 11.9 Å². The summed E-state index contributed by atoms with van der Waals surface area (Å²) in [6.45, 7) is 0.194. The van der Waals surface area contributed by atoms with Crippen molar-refractivity contribution in [2.24, 2.45) is 29.6 Å². The fraction of sp³-hybridized carbons (Fsp3) is 0.308. The Bertz CT molecular complexity index is 1240. The maximum atomic E-state index is 13.1. The molecule has 7 nitrogen and oxygen atoms in total. The van der Waals surface area contributed by atoms with E-state index in [9.17, 15) is 19.2 Å². The smallest absolute Gasteiger partial charge is 0.316 e. The summed E-state index contributed by atoms with van der Waals surface area (Å²) >= 11 is 6.03. The Balaban J connectivity index is 1.17. The van der Waals surface area contributed by atoms with Crippen LogP contribution >= 0.6 is 11.6 Å². The molecule has 0 unspecified atom stereocenters. The highest BCUT2D eigenvalue weighted by Crippen LogP contribution is 2.53. The third-order valence-corrected chi connectivity index (χ3v) is 7.58. The predicted molar refractivity (Wildman–Crippen MR) is 124 cm³/mol. The Labute approximate surface area is 200 Å². The van der Waals surface area contributed by atoms with Crippen LogP contribution in [0.1, 0.15) is 12.8 Å². The zero-order valence-electron chi connectivity index (χ0n) is 18.1. The van der Waals surface area contributed by atoms with Crippen molar-refractivity contribution >= 4 is 46.7 Å². The summed E-state index contributed by atoms with van der Waals surface area (Å²) in [5.41, 5.74) is 1.03. The highest BCUT2D eigenvalue weighted by atomic mass is 35.5. The summed E-state index contributed by atoms with van der Waals surface area (Å²) in [5.74, 6) is -1.83. The number of fused-ring (bicyclic) bond motifs is 5. The fourth-order valence-corrected chi connectivity index (χ4v) is 5.99. The van der Waals surface area contributed by atoms with Gasteiger partial charge in [-0.05, 0) is 48.6 Å². The average molecular weight is 477 g/mol. The van der Waals surface area contributed by atoms with Crippen LogP contribution in [0, 0.1) is 29.6 Å². The number of imide groups is 1. The molecule has 172 valence electrons. The van der Waals surface area contributed by atoms with Gasteiger partial charge < -0.3 is 9.64 Å². The Hall–Kier alpha value is -3.45. The van der Waals surface area contributed by atoms with Gasteiger partial charge in [0.05, 0.1) is 23.4 Å². The quantitative estimate of drug-likeness (QED) is 0.291. The minimum atomic E-state index is -0.633. The molecule has 2 aromatic carbocycles. The average Bonchev–Trinajstić information content (AvgIpc) is 3.57. The maximum Gasteiger partial charge on any atom is 0.316 e. The summed E-state index contributed by atoms with van der Waals surface area (Å²) in [6.07, 6.45) is 5.00. The van der Waals surface area contributed by atoms with Gasteiger partial charge in [0.25, 0.3) is 0 Å². The first-order chi connectivity index (χ1) is 16.4. The standard InChI is InChI=1S/C26H21ClN2O5/c27-17-3-1-4-18(11-17)28-13-16(10-21(28)30)26(33)34-20-6-2-5-19(12-20)29-24(31)22-14-7-8-15(9-14)23(22)25(29)32/h1-8,11-12,14-16,22-23H,9-10,13H2/t14-,15-,16-,22-,23+/m0/s1. The Kier molecular flexibility index (Phi) is 4.85. The van der Waals surface area contributed by atoms with Crippen LogP contribution in [0.2, 0.25) is 5.02 Å². The van der Waals surface area contributed by atoms with Crippen molar-refractivity contribution in [3.63, 3.8) is 0 Å². The van der Waals surface area contributed by atoms with Crippen molar-refractivity contribution in [2.75, 3.05) is 16.3 Å². The number of anilines is 2. The summed E-state index contributed by atoms with van der Waals surface area (Å²) in [6, 6.07) is 13.4. The molecule has 6 rings (SSSR count). The molecule has 0 N–H and O–H groups in total. The first-order valence-corrected chi connectivity index (χ1v) is 11.7. The number of carbonyl (C=O) groups excluding carboxylic acids is 4. The number of rotatable bonds is 4. The minimum absolute atomic E-state index is 0.0350. The predicted octanol–water partition coefficient (Wildman–Crippen LogP) is 3.61. The van der Waals surface area contributed by atoms with Crippen LogP contribution in [-0.4, -0.2) is 30.2 Å². The molecule has 1 saturated carbocycles. The number of ether oxygens (including phenoxy) is 1. The zero-order valence-corrected chi connectivity index (χ0v) is 18.9. The van der Waals surface area contributed by atoms with Crippen LogP contribution in [0.15, 0.2) is 60.7 Å². The number of hydrogen-bond acceptors (Lipinski definition) is 5. The first kappa shape index (κ1) is 21.1. The van der Waals surface area contributed by atoms with E-state index in [0.29, 0.717) is 16.4 Å². The molecule has 2 heterocycles. The van der Waals surface area contributed by atoms with Gasteiger partial charge in [0, 0.05) is 29.7 Å². The number of allylic oxidation sites excluding steroid dienone is 2. The van der Waals surface area contributed by atoms with Crippen LogP contribution in [0.4, 0.5) is 11.4 Å². The summed E-state index contributed by atoms with van der Waals surface area (Å²) in [4.78, 5) is 54.2. The molecular formula is C26H21ClN2O5. The lowest BCUT2D eigenvalue weighted by molar-refractivity contribution is -0.139. The monoisotopic (exact) mass is 476 g/mol. The molecule has 2 saturated heterocycles. The van der Waals surface area contributed by atoms with Gasteiger partial charge in [0.2, 0.25) is 17.7 Å². The molecule has 34 heavy (non-hydrogen) atoms.